The number of halogens is 3. The zero-order valence-corrected chi connectivity index (χ0v) is 10.1. The predicted octanol–water partition coefficient (Wildman–Crippen LogP) is 2.71. The molecule has 98 valence electrons. The van der Waals surface area contributed by atoms with Gasteiger partial charge >= 0.3 is 6.18 Å². The summed E-state index contributed by atoms with van der Waals surface area (Å²) in [6.07, 6.45) is -1.95. The molecule has 6 heteroatoms. The fraction of sp³-hybridized carbons (Fsp3) is 0.727. The second kappa shape index (κ2) is 5.53. The van der Waals surface area contributed by atoms with Crippen LogP contribution in [0.25, 0.3) is 0 Å². The van der Waals surface area contributed by atoms with Crippen molar-refractivity contribution < 1.29 is 13.2 Å². The van der Waals surface area contributed by atoms with Crippen LogP contribution in [0.1, 0.15) is 43.5 Å². The molecule has 17 heavy (non-hydrogen) atoms. The van der Waals surface area contributed by atoms with Crippen LogP contribution in [0.15, 0.2) is 6.20 Å². The van der Waals surface area contributed by atoms with E-state index in [0.29, 0.717) is 6.42 Å². The molecule has 1 atom stereocenters. The highest BCUT2D eigenvalue weighted by molar-refractivity contribution is 5.20. The molecule has 0 aromatic carbocycles. The fourth-order valence-electron chi connectivity index (χ4n) is 1.82. The summed E-state index contributed by atoms with van der Waals surface area (Å²) in [6, 6.07) is -0.360. The standard InChI is InChI=1S/C11H18F3N3/c1-3-10-8(7-17(2)16-10)9(15)5-4-6-11(12,13)14/h7,9H,3-6,15H2,1-2H3. The van der Waals surface area contributed by atoms with E-state index in [1.165, 1.54) is 0 Å². The Bertz CT molecular complexity index is 357. The van der Waals surface area contributed by atoms with Crippen LogP contribution < -0.4 is 5.73 Å². The fourth-order valence-corrected chi connectivity index (χ4v) is 1.82. The monoisotopic (exact) mass is 249 g/mol. The van der Waals surface area contributed by atoms with Crippen LogP contribution in [0.4, 0.5) is 13.2 Å². The van der Waals surface area contributed by atoms with Gasteiger partial charge < -0.3 is 5.73 Å². The molecule has 0 radical (unpaired) electrons. The summed E-state index contributed by atoms with van der Waals surface area (Å²) in [5.74, 6) is 0. The van der Waals surface area contributed by atoms with Crippen molar-refractivity contribution >= 4 is 0 Å². The van der Waals surface area contributed by atoms with E-state index < -0.39 is 12.6 Å². The summed E-state index contributed by atoms with van der Waals surface area (Å²) in [5.41, 5.74) is 7.62. The summed E-state index contributed by atoms with van der Waals surface area (Å²) < 4.78 is 37.7. The number of nitrogens with zero attached hydrogens (tertiary/aromatic N) is 2. The average molecular weight is 249 g/mol. The summed E-state index contributed by atoms with van der Waals surface area (Å²) in [5, 5.41) is 4.22. The van der Waals surface area contributed by atoms with Crippen molar-refractivity contribution in [2.24, 2.45) is 12.8 Å². The quantitative estimate of drug-likeness (QED) is 0.872. The largest absolute Gasteiger partial charge is 0.389 e. The number of alkyl halides is 3. The highest BCUT2D eigenvalue weighted by Gasteiger charge is 2.26. The molecular formula is C11H18F3N3. The third kappa shape index (κ3) is 4.38. The van der Waals surface area contributed by atoms with Crippen molar-refractivity contribution in [1.29, 1.82) is 0 Å². The molecule has 1 aromatic heterocycles. The highest BCUT2D eigenvalue weighted by atomic mass is 19.4. The summed E-state index contributed by atoms with van der Waals surface area (Å²) >= 11 is 0. The highest BCUT2D eigenvalue weighted by Crippen LogP contribution is 2.26. The van der Waals surface area contributed by atoms with Crippen molar-refractivity contribution in [3.8, 4) is 0 Å². The van der Waals surface area contributed by atoms with Crippen LogP contribution in [0.5, 0.6) is 0 Å². The smallest absolute Gasteiger partial charge is 0.324 e. The molecule has 0 spiro atoms. The summed E-state index contributed by atoms with van der Waals surface area (Å²) in [7, 11) is 1.78. The zero-order chi connectivity index (χ0) is 13.1. The Hall–Kier alpha value is -1.04. The minimum Gasteiger partial charge on any atom is -0.324 e. The van der Waals surface area contributed by atoms with Gasteiger partial charge in [0.15, 0.2) is 0 Å². The van der Waals surface area contributed by atoms with Crippen LogP contribution in [-0.4, -0.2) is 16.0 Å². The number of aromatic nitrogens is 2. The Kier molecular flexibility index (Phi) is 4.56. The lowest BCUT2D eigenvalue weighted by Crippen LogP contribution is -2.14. The first-order valence-corrected chi connectivity index (χ1v) is 5.68. The van der Waals surface area contributed by atoms with E-state index in [-0.39, 0.29) is 12.5 Å². The maximum absolute atomic E-state index is 12.0. The summed E-state index contributed by atoms with van der Waals surface area (Å²) in [6.45, 7) is 1.95. The van der Waals surface area contributed by atoms with Gasteiger partial charge in [0.2, 0.25) is 0 Å². The molecule has 1 aromatic rings. The topological polar surface area (TPSA) is 43.8 Å². The minimum atomic E-state index is -4.09. The Morgan fingerprint density at radius 2 is 2.12 bits per heavy atom. The van der Waals surface area contributed by atoms with E-state index in [1.54, 1.807) is 17.9 Å². The minimum absolute atomic E-state index is 0.0582. The van der Waals surface area contributed by atoms with E-state index in [9.17, 15) is 13.2 Å². The number of rotatable bonds is 5. The van der Waals surface area contributed by atoms with E-state index in [2.05, 4.69) is 5.10 Å². The summed E-state index contributed by atoms with van der Waals surface area (Å²) in [4.78, 5) is 0. The zero-order valence-electron chi connectivity index (χ0n) is 10.1. The maximum atomic E-state index is 12.0. The number of aryl methyl sites for hydroxylation is 2. The molecule has 0 aliphatic carbocycles. The molecule has 1 rings (SSSR count). The number of hydrogen-bond acceptors (Lipinski definition) is 2. The second-order valence-electron chi connectivity index (χ2n) is 4.17. The molecule has 1 unspecified atom stereocenters. The van der Waals surface area contributed by atoms with E-state index >= 15 is 0 Å². The first kappa shape index (κ1) is 14.0. The predicted molar refractivity (Wildman–Crippen MR) is 59.4 cm³/mol. The Labute approximate surface area is 98.8 Å². The maximum Gasteiger partial charge on any atom is 0.389 e. The van der Waals surface area contributed by atoms with E-state index in [0.717, 1.165) is 17.7 Å². The second-order valence-corrected chi connectivity index (χ2v) is 4.17. The van der Waals surface area contributed by atoms with E-state index in [1.807, 2.05) is 6.92 Å². The molecule has 0 saturated heterocycles. The third-order valence-corrected chi connectivity index (χ3v) is 2.65. The van der Waals surface area contributed by atoms with Gasteiger partial charge in [-0.05, 0) is 19.3 Å². The molecule has 0 saturated carbocycles. The van der Waals surface area contributed by atoms with Gasteiger partial charge in [0.1, 0.15) is 0 Å². The molecule has 0 aliphatic heterocycles. The number of nitrogens with two attached hydrogens (primary N) is 1. The van der Waals surface area contributed by atoms with Crippen LogP contribution in [0.3, 0.4) is 0 Å². The van der Waals surface area contributed by atoms with Crippen molar-refractivity contribution in [1.82, 2.24) is 9.78 Å². The van der Waals surface area contributed by atoms with Crippen LogP contribution in [0, 0.1) is 0 Å². The lowest BCUT2D eigenvalue weighted by Gasteiger charge is -2.12. The van der Waals surface area contributed by atoms with Crippen molar-refractivity contribution in [2.45, 2.75) is 44.8 Å². The van der Waals surface area contributed by atoms with Crippen molar-refractivity contribution in [2.75, 3.05) is 0 Å². The molecule has 0 fully saturated rings. The molecular weight excluding hydrogens is 231 g/mol. The lowest BCUT2D eigenvalue weighted by molar-refractivity contribution is -0.135. The normalized spacial score (nSPS) is 14.0. The van der Waals surface area contributed by atoms with Gasteiger partial charge in [0.05, 0.1) is 5.69 Å². The van der Waals surface area contributed by atoms with Gasteiger partial charge in [0.25, 0.3) is 0 Å². The molecule has 3 nitrogen and oxygen atoms in total. The van der Waals surface area contributed by atoms with E-state index in [4.69, 9.17) is 5.73 Å². The van der Waals surface area contributed by atoms with Gasteiger partial charge in [-0.25, -0.2) is 0 Å². The van der Waals surface area contributed by atoms with Gasteiger partial charge in [-0.3, -0.25) is 4.68 Å². The first-order chi connectivity index (χ1) is 7.83. The number of hydrogen-bond donors (Lipinski definition) is 1. The third-order valence-electron chi connectivity index (χ3n) is 2.65. The van der Waals surface area contributed by atoms with Gasteiger partial charge in [0, 0.05) is 31.3 Å². The van der Waals surface area contributed by atoms with Crippen LogP contribution in [0.2, 0.25) is 0 Å². The Balaban J connectivity index is 2.54. The average Bonchev–Trinajstić information content (AvgIpc) is 2.57. The molecule has 2 N–H and O–H groups in total. The van der Waals surface area contributed by atoms with Gasteiger partial charge in [-0.1, -0.05) is 6.92 Å². The van der Waals surface area contributed by atoms with Crippen molar-refractivity contribution in [3.63, 3.8) is 0 Å². The molecule has 0 amide bonds. The Morgan fingerprint density at radius 3 is 2.65 bits per heavy atom. The molecule has 1 heterocycles. The van der Waals surface area contributed by atoms with Crippen LogP contribution in [-0.2, 0) is 13.5 Å². The van der Waals surface area contributed by atoms with Crippen molar-refractivity contribution in [3.05, 3.63) is 17.5 Å². The SMILES string of the molecule is CCc1nn(C)cc1C(N)CCCC(F)(F)F. The lowest BCUT2D eigenvalue weighted by atomic mass is 10.0. The van der Waals surface area contributed by atoms with Gasteiger partial charge in [-0.15, -0.1) is 0 Å². The molecule has 0 aliphatic rings. The first-order valence-electron chi connectivity index (χ1n) is 5.68. The van der Waals surface area contributed by atoms with Gasteiger partial charge in [-0.2, -0.15) is 18.3 Å². The Morgan fingerprint density at radius 1 is 1.47 bits per heavy atom. The molecule has 0 bridgehead atoms. The van der Waals surface area contributed by atoms with Crippen LogP contribution >= 0.6 is 0 Å².